The Labute approximate surface area is 131 Å². The van der Waals surface area contributed by atoms with Gasteiger partial charge in [0.1, 0.15) is 0 Å². The number of aryl methyl sites for hydroxylation is 1. The largest absolute Gasteiger partial charge is 0.310 e. The van der Waals surface area contributed by atoms with Crippen LogP contribution in [0.2, 0.25) is 0 Å². The van der Waals surface area contributed by atoms with E-state index in [4.69, 9.17) is 0 Å². The molecule has 0 aromatic heterocycles. The lowest BCUT2D eigenvalue weighted by Gasteiger charge is -2.29. The van der Waals surface area contributed by atoms with Crippen molar-refractivity contribution >= 4 is 0 Å². The second-order valence-corrected chi connectivity index (χ2v) is 6.92. The maximum atomic E-state index is 3.75. The van der Waals surface area contributed by atoms with Gasteiger partial charge in [0.25, 0.3) is 0 Å². The van der Waals surface area contributed by atoms with Crippen LogP contribution >= 0.6 is 0 Å². The van der Waals surface area contributed by atoms with Crippen molar-refractivity contribution < 1.29 is 0 Å². The van der Waals surface area contributed by atoms with E-state index in [1.54, 1.807) is 0 Å². The molecule has 0 amide bonds. The fourth-order valence-electron chi connectivity index (χ4n) is 3.57. The topological polar surface area (TPSA) is 12.0 Å². The summed E-state index contributed by atoms with van der Waals surface area (Å²) in [6.45, 7) is 8.07. The Hall–Kier alpha value is -0.820. The quantitative estimate of drug-likeness (QED) is 0.697. The zero-order valence-electron chi connectivity index (χ0n) is 14.2. The molecule has 0 bridgehead atoms. The van der Waals surface area contributed by atoms with Gasteiger partial charge in [-0.25, -0.2) is 0 Å². The summed E-state index contributed by atoms with van der Waals surface area (Å²) in [5, 5.41) is 3.75. The second-order valence-electron chi connectivity index (χ2n) is 6.92. The zero-order valence-corrected chi connectivity index (χ0v) is 14.2. The van der Waals surface area contributed by atoms with Crippen molar-refractivity contribution in [1.29, 1.82) is 0 Å². The Morgan fingerprint density at radius 2 is 1.62 bits per heavy atom. The van der Waals surface area contributed by atoms with Gasteiger partial charge < -0.3 is 5.32 Å². The highest BCUT2D eigenvalue weighted by atomic mass is 14.9. The van der Waals surface area contributed by atoms with Crippen LogP contribution in [-0.4, -0.2) is 6.54 Å². The lowest BCUT2D eigenvalue weighted by molar-refractivity contribution is 0.258. The third-order valence-corrected chi connectivity index (χ3v) is 5.27. The molecule has 1 N–H and O–H groups in total. The fraction of sp³-hybridized carbons (Fsp3) is 0.700. The van der Waals surface area contributed by atoms with Crippen molar-refractivity contribution in [3.63, 3.8) is 0 Å². The van der Waals surface area contributed by atoms with Crippen LogP contribution in [0.5, 0.6) is 0 Å². The molecule has 0 aliphatic heterocycles. The zero-order chi connectivity index (χ0) is 15.1. The molecular weight excluding hydrogens is 254 g/mol. The molecular formula is C20H33N. The normalized spacial score (nSPS) is 24.0. The highest BCUT2D eigenvalue weighted by Crippen LogP contribution is 2.30. The van der Waals surface area contributed by atoms with Crippen LogP contribution in [0.3, 0.4) is 0 Å². The van der Waals surface area contributed by atoms with Gasteiger partial charge in [0.2, 0.25) is 0 Å². The Morgan fingerprint density at radius 3 is 2.19 bits per heavy atom. The molecule has 0 heterocycles. The molecule has 1 unspecified atom stereocenters. The van der Waals surface area contributed by atoms with Crippen molar-refractivity contribution in [3.05, 3.63) is 35.4 Å². The molecule has 1 aliphatic rings. The minimum Gasteiger partial charge on any atom is -0.310 e. The van der Waals surface area contributed by atoms with Gasteiger partial charge in [0.05, 0.1) is 0 Å². The smallest absolute Gasteiger partial charge is 0.0291 e. The van der Waals surface area contributed by atoms with Gasteiger partial charge in [-0.15, -0.1) is 0 Å². The summed E-state index contributed by atoms with van der Waals surface area (Å²) < 4.78 is 0. The first-order valence-corrected chi connectivity index (χ1v) is 9.05. The highest BCUT2D eigenvalue weighted by molar-refractivity contribution is 5.24. The Bertz CT molecular complexity index is 387. The van der Waals surface area contributed by atoms with Crippen molar-refractivity contribution in [2.45, 2.75) is 71.8 Å². The van der Waals surface area contributed by atoms with E-state index in [0.29, 0.717) is 6.04 Å². The number of rotatable bonds is 7. The predicted molar refractivity (Wildman–Crippen MR) is 92.6 cm³/mol. The van der Waals surface area contributed by atoms with E-state index in [9.17, 15) is 0 Å². The lowest BCUT2D eigenvalue weighted by atomic mass is 9.81. The molecule has 1 aromatic carbocycles. The molecule has 2 rings (SSSR count). The molecule has 1 atom stereocenters. The average molecular weight is 287 g/mol. The Morgan fingerprint density at radius 1 is 1.00 bits per heavy atom. The lowest BCUT2D eigenvalue weighted by Crippen LogP contribution is -2.28. The van der Waals surface area contributed by atoms with Crippen LogP contribution in [0.4, 0.5) is 0 Å². The highest BCUT2D eigenvalue weighted by Gasteiger charge is 2.20. The second kappa shape index (κ2) is 8.58. The van der Waals surface area contributed by atoms with E-state index in [-0.39, 0.29) is 0 Å². The van der Waals surface area contributed by atoms with Crippen LogP contribution in [0.1, 0.15) is 76.5 Å². The minimum atomic E-state index is 0.476. The summed E-state index contributed by atoms with van der Waals surface area (Å²) in [5.74, 6) is 1.90. The fourth-order valence-corrected chi connectivity index (χ4v) is 3.57. The van der Waals surface area contributed by atoms with Crippen molar-refractivity contribution in [2.75, 3.05) is 6.54 Å². The van der Waals surface area contributed by atoms with Crippen LogP contribution in [0, 0.1) is 11.8 Å². The molecule has 1 aliphatic carbocycles. The van der Waals surface area contributed by atoms with Gasteiger partial charge in [0, 0.05) is 6.04 Å². The third-order valence-electron chi connectivity index (χ3n) is 5.27. The Kier molecular flexibility index (Phi) is 6.76. The maximum absolute atomic E-state index is 3.75. The SMILES string of the molecule is CCCc1ccc(C(C)NCC2CCC(CC)CC2)cc1. The number of benzene rings is 1. The molecule has 0 saturated heterocycles. The third kappa shape index (κ3) is 5.14. The summed E-state index contributed by atoms with van der Waals surface area (Å²) in [6, 6.07) is 9.67. The van der Waals surface area contributed by atoms with Crippen LogP contribution < -0.4 is 5.32 Å². The number of hydrogen-bond donors (Lipinski definition) is 1. The molecule has 118 valence electrons. The number of hydrogen-bond acceptors (Lipinski definition) is 1. The minimum absolute atomic E-state index is 0.476. The molecule has 1 fully saturated rings. The van der Waals surface area contributed by atoms with Gasteiger partial charge in [-0.3, -0.25) is 0 Å². The van der Waals surface area contributed by atoms with Gasteiger partial charge in [-0.05, 0) is 55.7 Å². The van der Waals surface area contributed by atoms with Gasteiger partial charge in [-0.1, -0.05) is 63.8 Å². The van der Waals surface area contributed by atoms with Crippen molar-refractivity contribution in [3.8, 4) is 0 Å². The summed E-state index contributed by atoms with van der Waals surface area (Å²) in [6.07, 6.45) is 9.55. The van der Waals surface area contributed by atoms with E-state index >= 15 is 0 Å². The summed E-state index contributed by atoms with van der Waals surface area (Å²) >= 11 is 0. The van der Waals surface area contributed by atoms with E-state index in [2.05, 4.69) is 50.4 Å². The summed E-state index contributed by atoms with van der Waals surface area (Å²) in [7, 11) is 0. The summed E-state index contributed by atoms with van der Waals surface area (Å²) in [4.78, 5) is 0. The summed E-state index contributed by atoms with van der Waals surface area (Å²) in [5.41, 5.74) is 2.89. The average Bonchev–Trinajstić information content (AvgIpc) is 2.54. The first-order chi connectivity index (χ1) is 10.2. The van der Waals surface area contributed by atoms with E-state index in [1.165, 1.54) is 62.6 Å². The monoisotopic (exact) mass is 287 g/mol. The van der Waals surface area contributed by atoms with E-state index in [1.807, 2.05) is 0 Å². The van der Waals surface area contributed by atoms with E-state index in [0.717, 1.165) is 11.8 Å². The number of nitrogens with one attached hydrogen (secondary N) is 1. The van der Waals surface area contributed by atoms with Crippen LogP contribution in [0.15, 0.2) is 24.3 Å². The maximum Gasteiger partial charge on any atom is 0.0291 e. The van der Waals surface area contributed by atoms with Gasteiger partial charge in [0.15, 0.2) is 0 Å². The molecule has 1 heteroatoms. The molecule has 1 saturated carbocycles. The standard InChI is InChI=1S/C20H33N/c1-4-6-18-11-13-20(14-12-18)16(3)21-15-19-9-7-17(5-2)8-10-19/h11-14,16-17,19,21H,4-10,15H2,1-3H3. The van der Waals surface area contributed by atoms with Crippen LogP contribution in [0.25, 0.3) is 0 Å². The molecule has 1 nitrogen and oxygen atoms in total. The molecule has 21 heavy (non-hydrogen) atoms. The molecule has 1 aromatic rings. The van der Waals surface area contributed by atoms with E-state index < -0.39 is 0 Å². The van der Waals surface area contributed by atoms with Gasteiger partial charge in [-0.2, -0.15) is 0 Å². The first-order valence-electron chi connectivity index (χ1n) is 9.05. The van der Waals surface area contributed by atoms with Crippen LogP contribution in [-0.2, 0) is 6.42 Å². The Balaban J connectivity index is 1.75. The molecule has 0 radical (unpaired) electrons. The van der Waals surface area contributed by atoms with Gasteiger partial charge >= 0.3 is 0 Å². The van der Waals surface area contributed by atoms with Crippen molar-refractivity contribution in [2.24, 2.45) is 11.8 Å². The first kappa shape index (κ1) is 16.5. The molecule has 0 spiro atoms. The van der Waals surface area contributed by atoms with Crippen molar-refractivity contribution in [1.82, 2.24) is 5.32 Å². The predicted octanol–water partition coefficient (Wildman–Crippen LogP) is 5.51.